The molecule has 1 heterocycles. The first-order valence-corrected chi connectivity index (χ1v) is 8.83. The Labute approximate surface area is 167 Å². The van der Waals surface area contributed by atoms with Crippen LogP contribution in [0.25, 0.3) is 0 Å². The summed E-state index contributed by atoms with van der Waals surface area (Å²) in [6.07, 6.45) is 1.55. The number of anilines is 3. The number of benzene rings is 2. The highest BCUT2D eigenvalue weighted by atomic mass is 35.5. The molecule has 0 saturated carbocycles. The number of hydrogen-bond acceptors (Lipinski definition) is 5. The van der Waals surface area contributed by atoms with Crippen molar-refractivity contribution in [3.8, 4) is 0 Å². The highest BCUT2D eigenvalue weighted by Gasteiger charge is 2.15. The first-order valence-electron chi connectivity index (χ1n) is 8.46. The average Bonchev–Trinajstić information content (AvgIpc) is 2.71. The second kappa shape index (κ2) is 8.54. The number of halogens is 1. The maximum Gasteiger partial charge on any atom is 0.339 e. The summed E-state index contributed by atoms with van der Waals surface area (Å²) in [5.41, 5.74) is 3.37. The number of nitrogens with zero attached hydrogens (tertiary/aromatic N) is 1. The fourth-order valence-corrected chi connectivity index (χ4v) is 2.69. The van der Waals surface area contributed by atoms with Gasteiger partial charge in [-0.25, -0.2) is 9.78 Å². The van der Waals surface area contributed by atoms with Gasteiger partial charge in [0, 0.05) is 10.7 Å². The van der Waals surface area contributed by atoms with Crippen LogP contribution in [0, 0.1) is 6.92 Å². The molecule has 2 aromatic carbocycles. The molecule has 0 spiro atoms. The van der Waals surface area contributed by atoms with Crippen LogP contribution in [-0.4, -0.2) is 24.0 Å². The molecule has 2 N–H and O–H groups in total. The number of para-hydroxylation sites is 1. The van der Waals surface area contributed by atoms with E-state index in [0.29, 0.717) is 16.4 Å². The van der Waals surface area contributed by atoms with E-state index in [1.165, 1.54) is 7.11 Å². The van der Waals surface area contributed by atoms with Gasteiger partial charge in [0.2, 0.25) is 0 Å². The van der Waals surface area contributed by atoms with E-state index in [2.05, 4.69) is 15.6 Å². The zero-order valence-electron chi connectivity index (χ0n) is 15.3. The van der Waals surface area contributed by atoms with Gasteiger partial charge in [-0.05, 0) is 48.9 Å². The number of carbonyl (C=O) groups is 2. The van der Waals surface area contributed by atoms with Crippen molar-refractivity contribution >= 4 is 40.5 Å². The van der Waals surface area contributed by atoms with Gasteiger partial charge in [0.1, 0.15) is 5.69 Å². The number of methoxy groups -OCH3 is 1. The lowest BCUT2D eigenvalue weighted by atomic mass is 10.1. The zero-order valence-corrected chi connectivity index (χ0v) is 16.1. The lowest BCUT2D eigenvalue weighted by Gasteiger charge is -2.10. The van der Waals surface area contributed by atoms with Crippen molar-refractivity contribution in [2.24, 2.45) is 0 Å². The molecule has 3 rings (SSSR count). The van der Waals surface area contributed by atoms with Crippen molar-refractivity contribution in [1.82, 2.24) is 4.98 Å². The van der Waals surface area contributed by atoms with Gasteiger partial charge in [0.05, 0.1) is 30.2 Å². The minimum Gasteiger partial charge on any atom is -0.465 e. The van der Waals surface area contributed by atoms with Crippen LogP contribution in [-0.2, 0) is 4.74 Å². The second-order valence-electron chi connectivity index (χ2n) is 6.01. The smallest absolute Gasteiger partial charge is 0.339 e. The van der Waals surface area contributed by atoms with Gasteiger partial charge in [0.25, 0.3) is 5.91 Å². The molecule has 1 amide bonds. The minimum absolute atomic E-state index is 0.215. The quantitative estimate of drug-likeness (QED) is 0.605. The van der Waals surface area contributed by atoms with Crippen molar-refractivity contribution in [3.05, 3.63) is 82.6 Å². The van der Waals surface area contributed by atoms with Crippen LogP contribution in [0.5, 0.6) is 0 Å². The molecule has 0 atom stereocenters. The highest BCUT2D eigenvalue weighted by molar-refractivity contribution is 6.31. The number of pyridine rings is 1. The molecule has 0 aliphatic carbocycles. The molecule has 28 heavy (non-hydrogen) atoms. The molecule has 0 bridgehead atoms. The van der Waals surface area contributed by atoms with Gasteiger partial charge in [-0.15, -0.1) is 0 Å². The molecule has 7 heteroatoms. The predicted molar refractivity (Wildman–Crippen MR) is 109 cm³/mol. The lowest BCUT2D eigenvalue weighted by Crippen LogP contribution is -2.16. The zero-order chi connectivity index (χ0) is 20.1. The molecule has 3 aromatic rings. The summed E-state index contributed by atoms with van der Waals surface area (Å²) in [6, 6.07) is 15.6. The molecule has 1 aromatic heterocycles. The Morgan fingerprint density at radius 2 is 1.79 bits per heavy atom. The number of amides is 1. The summed E-state index contributed by atoms with van der Waals surface area (Å²) >= 11 is 6.13. The van der Waals surface area contributed by atoms with Gasteiger partial charge in [-0.3, -0.25) is 4.79 Å². The molecule has 0 aliphatic heterocycles. The third kappa shape index (κ3) is 4.47. The number of esters is 1. The monoisotopic (exact) mass is 395 g/mol. The fraction of sp³-hybridized carbons (Fsp3) is 0.0952. The first kappa shape index (κ1) is 19.4. The van der Waals surface area contributed by atoms with Crippen LogP contribution in [0.3, 0.4) is 0 Å². The van der Waals surface area contributed by atoms with E-state index in [1.807, 2.05) is 25.1 Å². The Balaban J connectivity index is 1.72. The number of aryl methyl sites for hydroxylation is 1. The number of rotatable bonds is 5. The van der Waals surface area contributed by atoms with E-state index in [1.54, 1.807) is 42.6 Å². The van der Waals surface area contributed by atoms with Crippen LogP contribution in [0.15, 0.2) is 60.8 Å². The predicted octanol–water partition coefficient (Wildman–Crippen LogP) is 4.83. The van der Waals surface area contributed by atoms with E-state index in [9.17, 15) is 9.59 Å². The Kier molecular flexibility index (Phi) is 5.91. The summed E-state index contributed by atoms with van der Waals surface area (Å²) < 4.78 is 4.73. The minimum atomic E-state index is -0.528. The van der Waals surface area contributed by atoms with Gasteiger partial charge < -0.3 is 15.4 Å². The molecule has 6 nitrogen and oxygen atoms in total. The first-order chi connectivity index (χ1) is 13.5. The maximum absolute atomic E-state index is 12.5. The van der Waals surface area contributed by atoms with Gasteiger partial charge in [0.15, 0.2) is 0 Å². The summed E-state index contributed by atoms with van der Waals surface area (Å²) in [5, 5.41) is 6.53. The molecule has 0 saturated heterocycles. The third-order valence-electron chi connectivity index (χ3n) is 4.04. The van der Waals surface area contributed by atoms with Crippen LogP contribution in [0.2, 0.25) is 5.02 Å². The molecule has 142 valence electrons. The molecule has 0 radical (unpaired) electrons. The third-order valence-corrected chi connectivity index (χ3v) is 4.44. The summed E-state index contributed by atoms with van der Waals surface area (Å²) in [4.78, 5) is 28.5. The lowest BCUT2D eigenvalue weighted by molar-refractivity contribution is 0.0602. The van der Waals surface area contributed by atoms with Crippen LogP contribution in [0.4, 0.5) is 17.1 Å². The van der Waals surface area contributed by atoms with Crippen LogP contribution < -0.4 is 10.6 Å². The molecule has 0 aliphatic rings. The number of carbonyl (C=O) groups excluding carboxylic acids is 2. The van der Waals surface area contributed by atoms with E-state index in [4.69, 9.17) is 16.3 Å². The summed E-state index contributed by atoms with van der Waals surface area (Å²) in [6.45, 7) is 1.93. The second-order valence-corrected chi connectivity index (χ2v) is 6.42. The topological polar surface area (TPSA) is 80.3 Å². The largest absolute Gasteiger partial charge is 0.465 e. The van der Waals surface area contributed by atoms with E-state index < -0.39 is 11.9 Å². The molecular weight excluding hydrogens is 378 g/mol. The fourth-order valence-electron chi connectivity index (χ4n) is 2.51. The number of ether oxygens (including phenoxy) is 1. The van der Waals surface area contributed by atoms with Gasteiger partial charge in [-0.1, -0.05) is 29.8 Å². The van der Waals surface area contributed by atoms with Crippen molar-refractivity contribution in [3.63, 3.8) is 0 Å². The summed E-state index contributed by atoms with van der Waals surface area (Å²) in [7, 11) is 1.29. The molecule has 0 fully saturated rings. The van der Waals surface area contributed by atoms with Gasteiger partial charge in [-0.2, -0.15) is 0 Å². The highest BCUT2D eigenvalue weighted by Crippen LogP contribution is 2.23. The van der Waals surface area contributed by atoms with Crippen LogP contribution in [0.1, 0.15) is 26.4 Å². The number of hydrogen-bond donors (Lipinski definition) is 2. The summed E-state index contributed by atoms with van der Waals surface area (Å²) in [5.74, 6) is -0.957. The normalized spacial score (nSPS) is 10.2. The van der Waals surface area contributed by atoms with Crippen molar-refractivity contribution in [2.45, 2.75) is 6.92 Å². The van der Waals surface area contributed by atoms with Crippen molar-refractivity contribution in [2.75, 3.05) is 17.7 Å². The number of nitrogens with one attached hydrogen (secondary N) is 2. The Hall–Kier alpha value is -3.38. The Morgan fingerprint density at radius 1 is 1.04 bits per heavy atom. The standard InChI is InChI=1S/C21H18ClN3O3/c1-13-7-8-14(11-17(13)22)24-15-9-10-19(23-12-15)20(26)25-18-6-4-3-5-16(18)21(27)28-2/h3-12,24H,1-2H3,(H,25,26). The maximum atomic E-state index is 12.5. The van der Waals surface area contributed by atoms with Gasteiger partial charge >= 0.3 is 5.97 Å². The van der Waals surface area contributed by atoms with Crippen LogP contribution >= 0.6 is 11.6 Å². The Morgan fingerprint density at radius 3 is 2.46 bits per heavy atom. The van der Waals surface area contributed by atoms with E-state index in [0.717, 1.165) is 11.3 Å². The van der Waals surface area contributed by atoms with Crippen molar-refractivity contribution in [1.29, 1.82) is 0 Å². The molecular formula is C21H18ClN3O3. The van der Waals surface area contributed by atoms with E-state index in [-0.39, 0.29) is 11.3 Å². The SMILES string of the molecule is COC(=O)c1ccccc1NC(=O)c1ccc(Nc2ccc(C)c(Cl)c2)cn1. The number of aromatic nitrogens is 1. The van der Waals surface area contributed by atoms with Crippen molar-refractivity contribution < 1.29 is 14.3 Å². The average molecular weight is 396 g/mol. The molecule has 0 unspecified atom stereocenters. The van der Waals surface area contributed by atoms with E-state index >= 15 is 0 Å². The Bertz CT molecular complexity index is 1020.